The second kappa shape index (κ2) is 5.20. The molecule has 2 aromatic carbocycles. The van der Waals surface area contributed by atoms with Gasteiger partial charge in [-0.15, -0.1) is 0 Å². The van der Waals surface area contributed by atoms with E-state index in [4.69, 9.17) is 0 Å². The first-order valence-electron chi connectivity index (χ1n) is 6.00. The zero-order valence-corrected chi connectivity index (χ0v) is 10.9. The van der Waals surface area contributed by atoms with Gasteiger partial charge in [0.25, 0.3) is 5.69 Å². The van der Waals surface area contributed by atoms with Crippen LogP contribution in [-0.4, -0.2) is 10.0 Å². The zero-order valence-electron chi connectivity index (χ0n) is 10.9. The van der Waals surface area contributed by atoms with Gasteiger partial charge in [0.2, 0.25) is 0 Å². The van der Waals surface area contributed by atoms with Gasteiger partial charge in [0.15, 0.2) is 0 Å². The van der Waals surface area contributed by atoms with Gasteiger partial charge in [0.1, 0.15) is 0 Å². The predicted molar refractivity (Wildman–Crippen MR) is 73.9 cm³/mol. The Labute approximate surface area is 111 Å². The number of benzene rings is 2. The Hall–Kier alpha value is -2.20. The van der Waals surface area contributed by atoms with Crippen molar-refractivity contribution in [1.29, 1.82) is 0 Å². The van der Waals surface area contributed by atoms with Crippen LogP contribution >= 0.6 is 0 Å². The van der Waals surface area contributed by atoms with Crippen LogP contribution in [0, 0.1) is 24.0 Å². The highest BCUT2D eigenvalue weighted by molar-refractivity contribution is 5.73. The van der Waals surface area contributed by atoms with Crippen LogP contribution in [0.15, 0.2) is 36.4 Å². The monoisotopic (exact) mass is 257 g/mol. The highest BCUT2D eigenvalue weighted by Gasteiger charge is 2.18. The predicted octanol–water partition coefficient (Wildman–Crippen LogP) is 3.37. The van der Waals surface area contributed by atoms with Gasteiger partial charge >= 0.3 is 0 Å². The second-order valence-electron chi connectivity index (χ2n) is 4.47. The van der Waals surface area contributed by atoms with Crippen molar-refractivity contribution in [3.63, 3.8) is 0 Å². The van der Waals surface area contributed by atoms with E-state index in [9.17, 15) is 15.2 Å². The SMILES string of the molecule is Cc1ccccc1-c1ccc([N+](=O)[O-])c(CO)c1C. The lowest BCUT2D eigenvalue weighted by Gasteiger charge is -2.12. The van der Waals surface area contributed by atoms with Gasteiger partial charge in [-0.1, -0.05) is 24.3 Å². The first-order valence-corrected chi connectivity index (χ1v) is 6.00. The van der Waals surface area contributed by atoms with Crippen LogP contribution in [0.5, 0.6) is 0 Å². The fourth-order valence-corrected chi connectivity index (χ4v) is 2.28. The molecule has 0 aliphatic heterocycles. The van der Waals surface area contributed by atoms with Crippen LogP contribution in [0.25, 0.3) is 11.1 Å². The highest BCUT2D eigenvalue weighted by atomic mass is 16.6. The topological polar surface area (TPSA) is 63.4 Å². The van der Waals surface area contributed by atoms with Crippen LogP contribution in [0.3, 0.4) is 0 Å². The van der Waals surface area contributed by atoms with Gasteiger partial charge in [-0.3, -0.25) is 10.1 Å². The van der Waals surface area contributed by atoms with E-state index in [1.165, 1.54) is 6.07 Å². The summed E-state index contributed by atoms with van der Waals surface area (Å²) in [5.74, 6) is 0. The highest BCUT2D eigenvalue weighted by Crippen LogP contribution is 2.33. The van der Waals surface area contributed by atoms with Crippen molar-refractivity contribution in [2.75, 3.05) is 0 Å². The Balaban J connectivity index is 2.68. The normalized spacial score (nSPS) is 10.5. The molecule has 98 valence electrons. The summed E-state index contributed by atoms with van der Waals surface area (Å²) in [6.07, 6.45) is 0. The average Bonchev–Trinajstić information content (AvgIpc) is 2.39. The summed E-state index contributed by atoms with van der Waals surface area (Å²) < 4.78 is 0. The van der Waals surface area contributed by atoms with Crippen molar-refractivity contribution in [3.05, 3.63) is 63.2 Å². The molecule has 0 fully saturated rings. The lowest BCUT2D eigenvalue weighted by molar-refractivity contribution is -0.385. The summed E-state index contributed by atoms with van der Waals surface area (Å²) in [7, 11) is 0. The zero-order chi connectivity index (χ0) is 14.0. The minimum Gasteiger partial charge on any atom is -0.391 e. The summed E-state index contributed by atoms with van der Waals surface area (Å²) in [6.45, 7) is 3.47. The van der Waals surface area contributed by atoms with Crippen LogP contribution in [0.1, 0.15) is 16.7 Å². The van der Waals surface area contributed by atoms with Crippen molar-refractivity contribution in [3.8, 4) is 11.1 Å². The maximum absolute atomic E-state index is 10.9. The molecule has 0 aliphatic rings. The number of nitro groups is 1. The number of hydrogen-bond acceptors (Lipinski definition) is 3. The van der Waals surface area contributed by atoms with Crippen LogP contribution in [-0.2, 0) is 6.61 Å². The standard InChI is InChI=1S/C15H15NO3/c1-10-5-3-4-6-12(10)13-7-8-15(16(18)19)14(9-17)11(13)2/h3-8,17H,9H2,1-2H3. The number of aliphatic hydroxyl groups excluding tert-OH is 1. The number of nitrogens with zero attached hydrogens (tertiary/aromatic N) is 1. The van der Waals surface area contributed by atoms with E-state index in [-0.39, 0.29) is 12.3 Å². The van der Waals surface area contributed by atoms with E-state index in [1.54, 1.807) is 13.0 Å². The van der Waals surface area contributed by atoms with Crippen molar-refractivity contribution in [2.24, 2.45) is 0 Å². The molecule has 0 radical (unpaired) electrons. The summed E-state index contributed by atoms with van der Waals surface area (Å²) in [4.78, 5) is 10.5. The Morgan fingerprint density at radius 3 is 2.37 bits per heavy atom. The molecule has 0 amide bonds. The fourth-order valence-electron chi connectivity index (χ4n) is 2.28. The van der Waals surface area contributed by atoms with E-state index >= 15 is 0 Å². The summed E-state index contributed by atoms with van der Waals surface area (Å²) in [6, 6.07) is 11.1. The number of aliphatic hydroxyl groups is 1. The molecule has 0 spiro atoms. The molecule has 2 aromatic rings. The molecule has 1 N–H and O–H groups in total. The molecule has 0 atom stereocenters. The van der Waals surface area contributed by atoms with Gasteiger partial charge in [-0.2, -0.15) is 0 Å². The number of nitro benzene ring substituents is 1. The maximum atomic E-state index is 10.9. The van der Waals surface area contributed by atoms with Crippen LogP contribution < -0.4 is 0 Å². The Kier molecular flexibility index (Phi) is 3.62. The average molecular weight is 257 g/mol. The molecule has 0 saturated heterocycles. The molecule has 0 aromatic heterocycles. The van der Waals surface area contributed by atoms with E-state index in [0.717, 1.165) is 22.3 Å². The minimum atomic E-state index is -0.458. The van der Waals surface area contributed by atoms with Gasteiger partial charge in [-0.25, -0.2) is 0 Å². The Morgan fingerprint density at radius 1 is 1.11 bits per heavy atom. The lowest BCUT2D eigenvalue weighted by Crippen LogP contribution is -2.00. The Bertz CT molecular complexity index is 635. The summed E-state index contributed by atoms with van der Waals surface area (Å²) >= 11 is 0. The number of rotatable bonds is 3. The van der Waals surface area contributed by atoms with Gasteiger partial charge in [-0.05, 0) is 42.2 Å². The smallest absolute Gasteiger partial charge is 0.275 e. The molecule has 19 heavy (non-hydrogen) atoms. The molecular weight excluding hydrogens is 242 g/mol. The molecule has 2 rings (SSSR count). The molecule has 0 unspecified atom stereocenters. The Morgan fingerprint density at radius 2 is 1.79 bits per heavy atom. The largest absolute Gasteiger partial charge is 0.391 e. The van der Waals surface area contributed by atoms with E-state index < -0.39 is 4.92 Å². The number of hydrogen-bond donors (Lipinski definition) is 1. The van der Waals surface area contributed by atoms with Crippen LogP contribution in [0.2, 0.25) is 0 Å². The fraction of sp³-hybridized carbons (Fsp3) is 0.200. The molecule has 4 heteroatoms. The second-order valence-corrected chi connectivity index (χ2v) is 4.47. The van der Waals surface area contributed by atoms with E-state index in [1.807, 2.05) is 31.2 Å². The third-order valence-electron chi connectivity index (χ3n) is 3.36. The lowest BCUT2D eigenvalue weighted by atomic mass is 9.93. The molecule has 0 saturated carbocycles. The molecule has 0 bridgehead atoms. The van der Waals surface area contributed by atoms with Gasteiger partial charge in [0.05, 0.1) is 17.1 Å². The van der Waals surface area contributed by atoms with Crippen molar-refractivity contribution in [1.82, 2.24) is 0 Å². The van der Waals surface area contributed by atoms with Crippen molar-refractivity contribution >= 4 is 5.69 Å². The molecule has 0 heterocycles. The van der Waals surface area contributed by atoms with Crippen molar-refractivity contribution < 1.29 is 10.0 Å². The third-order valence-corrected chi connectivity index (χ3v) is 3.36. The minimum absolute atomic E-state index is 0.0302. The first-order chi connectivity index (χ1) is 9.06. The molecular formula is C15H15NO3. The van der Waals surface area contributed by atoms with Gasteiger partial charge < -0.3 is 5.11 Å². The maximum Gasteiger partial charge on any atom is 0.275 e. The van der Waals surface area contributed by atoms with Crippen molar-refractivity contribution in [2.45, 2.75) is 20.5 Å². The van der Waals surface area contributed by atoms with E-state index in [2.05, 4.69) is 0 Å². The quantitative estimate of drug-likeness (QED) is 0.677. The number of aryl methyl sites for hydroxylation is 1. The molecule has 0 aliphatic carbocycles. The molecule has 4 nitrogen and oxygen atoms in total. The van der Waals surface area contributed by atoms with Crippen LogP contribution in [0.4, 0.5) is 5.69 Å². The first kappa shape index (κ1) is 13.2. The van der Waals surface area contributed by atoms with Gasteiger partial charge in [0, 0.05) is 6.07 Å². The third kappa shape index (κ3) is 2.35. The van der Waals surface area contributed by atoms with E-state index in [0.29, 0.717) is 5.56 Å². The summed E-state index contributed by atoms with van der Waals surface area (Å²) in [5, 5.41) is 20.3. The summed E-state index contributed by atoms with van der Waals surface area (Å²) in [5.41, 5.74) is 4.16.